The fourth-order valence-electron chi connectivity index (χ4n) is 7.15. The molecule has 51 heavy (non-hydrogen) atoms. The van der Waals surface area contributed by atoms with Crippen molar-refractivity contribution in [1.82, 2.24) is 34.0 Å². The van der Waals surface area contributed by atoms with Crippen LogP contribution in [0, 0.1) is 6.92 Å². The fourth-order valence-corrected chi connectivity index (χ4v) is 7.38. The van der Waals surface area contributed by atoms with Gasteiger partial charge in [-0.3, -0.25) is 19.0 Å². The Morgan fingerprint density at radius 2 is 1.84 bits per heavy atom. The minimum absolute atomic E-state index is 0.0181. The highest BCUT2D eigenvalue weighted by molar-refractivity contribution is 6.33. The van der Waals surface area contributed by atoms with Crippen molar-refractivity contribution in [3.63, 3.8) is 0 Å². The van der Waals surface area contributed by atoms with Crippen LogP contribution in [-0.4, -0.2) is 77.1 Å². The molecule has 2 aliphatic heterocycles. The summed E-state index contributed by atoms with van der Waals surface area (Å²) in [5.74, 6) is -1.000. The van der Waals surface area contributed by atoms with Gasteiger partial charge in [-0.15, -0.1) is 5.10 Å². The van der Waals surface area contributed by atoms with Crippen LogP contribution in [0.2, 0.25) is 5.02 Å². The normalized spacial score (nSPS) is 19.5. The maximum absolute atomic E-state index is 14.4. The molecule has 3 aromatic heterocycles. The maximum Gasteiger partial charge on any atom is 0.416 e. The number of anilines is 2. The monoisotopic (exact) mass is 725 g/mol. The first kappa shape index (κ1) is 34.5. The Balaban J connectivity index is 1.27. The van der Waals surface area contributed by atoms with E-state index < -0.39 is 35.2 Å². The largest absolute Gasteiger partial charge is 0.504 e. The van der Waals surface area contributed by atoms with Crippen molar-refractivity contribution in [1.29, 1.82) is 0 Å². The van der Waals surface area contributed by atoms with Gasteiger partial charge in [0, 0.05) is 32.1 Å². The number of hydrogen-bond donors (Lipinski definition) is 2. The van der Waals surface area contributed by atoms with E-state index in [1.54, 1.807) is 16.4 Å². The average molecular weight is 726 g/mol. The molecule has 2 atom stereocenters. The number of hydrogen-bond acceptors (Lipinski definition) is 9. The van der Waals surface area contributed by atoms with Crippen LogP contribution < -0.4 is 15.8 Å². The third kappa shape index (κ3) is 6.29. The SMILES string of the molecule is Cc1ncnc(C(=O)N2CCN(c3c4n(c5nc(C6=CCCCCC6)nn5c3=O)[C@@H](C(=O)Nc3ccc(C(F)(F)F)cc3Cl)C[C@@H]4C)CC2)c1O. The molecule has 2 N–H and O–H groups in total. The van der Waals surface area contributed by atoms with Crippen LogP contribution >= 0.6 is 11.6 Å². The van der Waals surface area contributed by atoms with Gasteiger partial charge in [0.15, 0.2) is 17.3 Å². The molecule has 7 rings (SSSR count). The second kappa shape index (κ2) is 13.3. The van der Waals surface area contributed by atoms with Crippen LogP contribution in [0.5, 0.6) is 5.75 Å². The molecule has 5 heterocycles. The average Bonchev–Trinajstić information content (AvgIpc) is 3.57. The Labute approximate surface area is 294 Å². The number of carbonyl (C=O) groups is 2. The van der Waals surface area contributed by atoms with Gasteiger partial charge in [0.1, 0.15) is 18.1 Å². The minimum atomic E-state index is -4.60. The van der Waals surface area contributed by atoms with Crippen molar-refractivity contribution in [2.24, 2.45) is 0 Å². The highest BCUT2D eigenvalue weighted by Crippen LogP contribution is 2.42. The van der Waals surface area contributed by atoms with Crippen molar-refractivity contribution < 1.29 is 27.9 Å². The third-order valence-electron chi connectivity index (χ3n) is 9.83. The molecular formula is C34H35ClF3N9O4. The number of aromatic hydroxyl groups is 1. The Morgan fingerprint density at radius 3 is 2.57 bits per heavy atom. The quantitative estimate of drug-likeness (QED) is 0.277. The summed E-state index contributed by atoms with van der Waals surface area (Å²) in [4.78, 5) is 57.8. The molecule has 1 aliphatic carbocycles. The number of piperazine rings is 1. The zero-order valence-electron chi connectivity index (χ0n) is 27.9. The number of fused-ring (bicyclic) bond motifs is 3. The molecule has 0 unspecified atom stereocenters. The van der Waals surface area contributed by atoms with Gasteiger partial charge in [-0.2, -0.15) is 22.7 Å². The number of nitrogens with zero attached hydrogens (tertiary/aromatic N) is 8. The Morgan fingerprint density at radius 1 is 1.08 bits per heavy atom. The second-order valence-corrected chi connectivity index (χ2v) is 13.6. The summed E-state index contributed by atoms with van der Waals surface area (Å²) in [6, 6.07) is 1.83. The zero-order valence-corrected chi connectivity index (χ0v) is 28.6. The first-order valence-corrected chi connectivity index (χ1v) is 17.2. The number of alkyl halides is 3. The highest BCUT2D eigenvalue weighted by atomic mass is 35.5. The summed E-state index contributed by atoms with van der Waals surface area (Å²) >= 11 is 6.20. The van der Waals surface area contributed by atoms with Crippen LogP contribution in [0.25, 0.3) is 11.4 Å². The van der Waals surface area contributed by atoms with E-state index in [2.05, 4.69) is 26.5 Å². The summed E-state index contributed by atoms with van der Waals surface area (Å²) in [5, 5.41) is 17.5. The molecule has 1 aromatic carbocycles. The predicted octanol–water partition coefficient (Wildman–Crippen LogP) is 5.36. The lowest BCUT2D eigenvalue weighted by molar-refractivity contribution is -0.137. The van der Waals surface area contributed by atoms with Gasteiger partial charge in [0.25, 0.3) is 11.5 Å². The van der Waals surface area contributed by atoms with Gasteiger partial charge in [-0.25, -0.2) is 9.97 Å². The van der Waals surface area contributed by atoms with E-state index in [0.717, 1.165) is 55.9 Å². The Kier molecular flexibility index (Phi) is 8.98. The summed E-state index contributed by atoms with van der Waals surface area (Å²) in [6.45, 7) is 4.44. The van der Waals surface area contributed by atoms with Gasteiger partial charge in [-0.05, 0) is 62.8 Å². The fraction of sp³-hybridized carbons (Fsp3) is 0.441. The third-order valence-corrected chi connectivity index (χ3v) is 10.1. The van der Waals surface area contributed by atoms with E-state index >= 15 is 0 Å². The molecule has 4 aromatic rings. The van der Waals surface area contributed by atoms with E-state index in [-0.39, 0.29) is 72.1 Å². The molecule has 13 nitrogen and oxygen atoms in total. The lowest BCUT2D eigenvalue weighted by Crippen LogP contribution is -2.51. The number of halogens is 4. The first-order chi connectivity index (χ1) is 24.3. The van der Waals surface area contributed by atoms with Crippen molar-refractivity contribution in [3.8, 4) is 5.75 Å². The van der Waals surface area contributed by atoms with Crippen molar-refractivity contribution in [2.75, 3.05) is 36.4 Å². The van der Waals surface area contributed by atoms with Crippen molar-refractivity contribution in [2.45, 2.75) is 70.5 Å². The number of aryl methyl sites for hydroxylation is 1. The summed E-state index contributed by atoms with van der Waals surface area (Å²) < 4.78 is 42.8. The Hall–Kier alpha value is -4.99. The number of benzene rings is 1. The predicted molar refractivity (Wildman–Crippen MR) is 182 cm³/mol. The maximum atomic E-state index is 14.4. The smallest absolute Gasteiger partial charge is 0.416 e. The number of rotatable bonds is 5. The molecule has 0 bridgehead atoms. The second-order valence-electron chi connectivity index (χ2n) is 13.2. The highest BCUT2D eigenvalue weighted by Gasteiger charge is 2.41. The number of carbonyl (C=O) groups excluding carboxylic acids is 2. The zero-order chi connectivity index (χ0) is 36.2. The summed E-state index contributed by atoms with van der Waals surface area (Å²) in [6.07, 6.45) is 3.62. The van der Waals surface area contributed by atoms with E-state index in [1.807, 2.05) is 11.8 Å². The van der Waals surface area contributed by atoms with Gasteiger partial charge in [0.05, 0.1) is 27.7 Å². The molecule has 17 heteroatoms. The van der Waals surface area contributed by atoms with Crippen molar-refractivity contribution in [3.05, 3.63) is 74.4 Å². The molecule has 268 valence electrons. The molecular weight excluding hydrogens is 691 g/mol. The molecule has 0 saturated carbocycles. The number of amides is 2. The van der Waals surface area contributed by atoms with E-state index in [0.29, 0.717) is 17.2 Å². The van der Waals surface area contributed by atoms with Gasteiger partial charge >= 0.3 is 6.18 Å². The van der Waals surface area contributed by atoms with Gasteiger partial charge in [-0.1, -0.05) is 31.0 Å². The van der Waals surface area contributed by atoms with E-state index in [1.165, 1.54) is 10.8 Å². The molecule has 0 spiro atoms. The molecule has 1 saturated heterocycles. The van der Waals surface area contributed by atoms with Gasteiger partial charge in [0.2, 0.25) is 11.7 Å². The topological polar surface area (TPSA) is 151 Å². The summed E-state index contributed by atoms with van der Waals surface area (Å²) in [7, 11) is 0. The van der Waals surface area contributed by atoms with Crippen molar-refractivity contribution >= 4 is 46.1 Å². The molecule has 1 fully saturated rings. The standard InChI is InChI=1S/C34H35ClF3N9O4/c1-18-15-24(30(49)41-23-10-9-21(16-22(23)35)34(36,37)38)46-26(18)27(32(51)47-33(46)42-29(43-47)20-7-5-3-4-6-8-20)44-11-13-45(14-12-44)31(50)25-28(48)19(2)39-17-40-25/h7,9-10,16-18,24,48H,3-6,8,11-15H2,1-2H3,(H,41,49)/t18-,24+/m0/s1. The number of aromatic nitrogens is 6. The molecule has 2 amide bonds. The Bertz CT molecular complexity index is 2140. The van der Waals surface area contributed by atoms with Crippen LogP contribution in [0.1, 0.15) is 90.7 Å². The number of nitrogens with one attached hydrogen (secondary N) is 1. The lowest BCUT2D eigenvalue weighted by atomic mass is 10.0. The van der Waals surface area contributed by atoms with E-state index in [4.69, 9.17) is 16.6 Å². The number of allylic oxidation sites excluding steroid dienone is 2. The molecule has 0 radical (unpaired) electrons. The minimum Gasteiger partial charge on any atom is -0.504 e. The van der Waals surface area contributed by atoms with Crippen LogP contribution in [-0.2, 0) is 11.0 Å². The van der Waals surface area contributed by atoms with Gasteiger partial charge < -0.3 is 20.2 Å². The first-order valence-electron chi connectivity index (χ1n) is 16.8. The molecule has 3 aliphatic rings. The summed E-state index contributed by atoms with van der Waals surface area (Å²) in [5.41, 5.74) is 0.673. The van der Waals surface area contributed by atoms with E-state index in [9.17, 15) is 32.7 Å². The van der Waals surface area contributed by atoms with Crippen LogP contribution in [0.3, 0.4) is 0 Å². The lowest BCUT2D eigenvalue weighted by Gasteiger charge is -2.36. The van der Waals surface area contributed by atoms with Crippen LogP contribution in [0.4, 0.5) is 24.5 Å². The van der Waals surface area contributed by atoms with Crippen LogP contribution in [0.15, 0.2) is 35.4 Å².